The topological polar surface area (TPSA) is 329 Å². The van der Waals surface area contributed by atoms with E-state index in [-0.39, 0.29) is 63.3 Å². The van der Waals surface area contributed by atoms with Crippen LogP contribution < -0.4 is 0 Å². The summed E-state index contributed by atoms with van der Waals surface area (Å²) in [5.74, 6) is -0.512. The normalized spacial score (nSPS) is 6.25. The van der Waals surface area contributed by atoms with Gasteiger partial charge in [-0.15, -0.1) is 0 Å². The molecule has 17 N–H and O–H groups in total. The summed E-state index contributed by atoms with van der Waals surface area (Å²) in [4.78, 5) is -0.583. The van der Waals surface area contributed by atoms with Gasteiger partial charge in [-0.05, 0) is 12.1 Å². The molecular formula is C6H21O12SZn+. The fourth-order valence-corrected chi connectivity index (χ4v) is 1.24. The smallest absolute Gasteiger partial charge is 0.744 e. The van der Waals surface area contributed by atoms with Crippen LogP contribution in [0.5, 0.6) is 5.75 Å². The van der Waals surface area contributed by atoms with Crippen molar-refractivity contribution in [1.29, 1.82) is 0 Å². The first kappa shape index (κ1) is 61.1. The minimum Gasteiger partial charge on any atom is -0.744 e. The van der Waals surface area contributed by atoms with Gasteiger partial charge in [-0.3, -0.25) is 0 Å². The summed E-state index contributed by atoms with van der Waals surface area (Å²) in [6.07, 6.45) is 0. The Balaban J connectivity index is -0.0000000192. The fourth-order valence-electron chi connectivity index (χ4n) is 0.669. The number of hydrogen-bond acceptors (Lipinski definition) is 4. The summed E-state index contributed by atoms with van der Waals surface area (Å²) in [6, 6.07) is 5.00. The Morgan fingerprint density at radius 2 is 1.10 bits per heavy atom. The van der Waals surface area contributed by atoms with E-state index < -0.39 is 20.8 Å². The molecule has 20 heavy (non-hydrogen) atoms. The van der Waals surface area contributed by atoms with Crippen LogP contribution in [0.15, 0.2) is 29.2 Å². The average Bonchev–Trinajstić information content (AvgIpc) is 1.86. The molecule has 12 nitrogen and oxygen atoms in total. The summed E-state index contributed by atoms with van der Waals surface area (Å²) < 4.78 is 31.0. The predicted molar refractivity (Wildman–Crippen MR) is 65.0 cm³/mol. The zero-order valence-electron chi connectivity index (χ0n) is 10.1. The molecule has 1 rings (SSSR count). The van der Waals surface area contributed by atoms with Crippen molar-refractivity contribution in [3.8, 4) is 5.75 Å². The molecule has 0 aromatic heterocycles. The first-order valence-corrected chi connectivity index (χ1v) is 4.16. The molecule has 0 saturated carbocycles. The Morgan fingerprint density at radius 3 is 1.30 bits per heavy atom. The van der Waals surface area contributed by atoms with Gasteiger partial charge in [0, 0.05) is 0 Å². The van der Waals surface area contributed by atoms with E-state index in [9.17, 15) is 13.0 Å². The van der Waals surface area contributed by atoms with Crippen LogP contribution in [0.4, 0.5) is 0 Å². The van der Waals surface area contributed by atoms with Gasteiger partial charge in [0.1, 0.15) is 15.9 Å². The minimum atomic E-state index is -4.53. The number of hydrogen-bond donors (Lipinski definition) is 1. The fraction of sp³-hybridized carbons (Fsp3) is 0. The Morgan fingerprint density at radius 1 is 0.800 bits per heavy atom. The summed E-state index contributed by atoms with van der Waals surface area (Å²) in [5, 5.41) is 8.87. The predicted octanol–water partition coefficient (Wildman–Crippen LogP) is -6.30. The molecule has 0 unspecified atom stereocenters. The minimum absolute atomic E-state index is 0. The average molecular weight is 383 g/mol. The van der Waals surface area contributed by atoms with Crippen molar-refractivity contribution in [2.45, 2.75) is 4.90 Å². The number of aromatic hydroxyl groups is 1. The Hall–Kier alpha value is -0.767. The number of phenols is 1. The second-order valence-electron chi connectivity index (χ2n) is 1.92. The summed E-state index contributed by atoms with van der Waals surface area (Å²) >= 11 is 0. The first-order valence-electron chi connectivity index (χ1n) is 2.76. The molecule has 124 valence electrons. The van der Waals surface area contributed by atoms with Gasteiger partial charge in [0.25, 0.3) is 0 Å². The van der Waals surface area contributed by atoms with E-state index in [1.165, 1.54) is 12.1 Å². The van der Waals surface area contributed by atoms with Gasteiger partial charge in [0.15, 0.2) is 0 Å². The molecular weight excluding hydrogens is 362 g/mol. The Labute approximate surface area is 127 Å². The van der Waals surface area contributed by atoms with Crippen LogP contribution in [0.1, 0.15) is 0 Å². The van der Waals surface area contributed by atoms with E-state index >= 15 is 0 Å². The molecule has 0 amide bonds. The second kappa shape index (κ2) is 23.3. The van der Waals surface area contributed by atoms with E-state index in [0.717, 1.165) is 12.1 Å². The maximum atomic E-state index is 10.3. The van der Waals surface area contributed by atoms with Crippen molar-refractivity contribution in [1.82, 2.24) is 0 Å². The Kier molecular flexibility index (Phi) is 71.2. The number of phenolic OH excluding ortho intramolecular Hbond substituents is 1. The monoisotopic (exact) mass is 381 g/mol. The van der Waals surface area contributed by atoms with Crippen LogP contribution in [0.2, 0.25) is 0 Å². The molecule has 0 aliphatic rings. The number of benzene rings is 1. The van der Waals surface area contributed by atoms with Gasteiger partial charge >= 0.3 is 19.5 Å². The second-order valence-corrected chi connectivity index (χ2v) is 3.27. The molecule has 0 aliphatic heterocycles. The number of para-hydroxylation sites is 1. The van der Waals surface area contributed by atoms with Crippen molar-refractivity contribution in [3.05, 3.63) is 24.3 Å². The van der Waals surface area contributed by atoms with E-state index in [1.54, 1.807) is 0 Å². The molecule has 0 aliphatic carbocycles. The van der Waals surface area contributed by atoms with Crippen molar-refractivity contribution in [2.24, 2.45) is 0 Å². The zero-order chi connectivity index (χ0) is 8.48. The van der Waals surface area contributed by atoms with Gasteiger partial charge in [-0.25, -0.2) is 8.42 Å². The number of rotatable bonds is 1. The van der Waals surface area contributed by atoms with Crippen molar-refractivity contribution >= 4 is 10.1 Å². The van der Waals surface area contributed by atoms with Crippen LogP contribution in [0.25, 0.3) is 0 Å². The van der Waals surface area contributed by atoms with Crippen LogP contribution in [0, 0.1) is 0 Å². The summed E-state index contributed by atoms with van der Waals surface area (Å²) in [7, 11) is -4.53. The van der Waals surface area contributed by atoms with E-state index in [4.69, 9.17) is 5.11 Å². The maximum Gasteiger partial charge on any atom is 2.00 e. The van der Waals surface area contributed by atoms with E-state index in [2.05, 4.69) is 0 Å². The first-order chi connectivity index (χ1) is 5.02. The third kappa shape index (κ3) is 17.2. The third-order valence-corrected chi connectivity index (χ3v) is 2.02. The van der Waals surface area contributed by atoms with Crippen molar-refractivity contribution < 1.29 is 81.4 Å². The molecule has 1 aromatic carbocycles. The molecule has 0 fully saturated rings. The molecule has 0 bridgehead atoms. The molecule has 0 saturated heterocycles. The van der Waals surface area contributed by atoms with Gasteiger partial charge < -0.3 is 53.5 Å². The van der Waals surface area contributed by atoms with Crippen LogP contribution in [0.3, 0.4) is 0 Å². The van der Waals surface area contributed by atoms with Gasteiger partial charge in [-0.1, -0.05) is 12.1 Å². The molecule has 1 aromatic rings. The zero-order valence-corrected chi connectivity index (χ0v) is 13.9. The van der Waals surface area contributed by atoms with Crippen molar-refractivity contribution in [2.75, 3.05) is 0 Å². The molecule has 14 heteroatoms. The van der Waals surface area contributed by atoms with Crippen LogP contribution in [-0.4, -0.2) is 61.9 Å². The van der Waals surface area contributed by atoms with Gasteiger partial charge in [0.05, 0.1) is 4.90 Å². The van der Waals surface area contributed by atoms with E-state index in [1.807, 2.05) is 0 Å². The molecule has 0 heterocycles. The van der Waals surface area contributed by atoms with Crippen molar-refractivity contribution in [3.63, 3.8) is 0 Å². The molecule has 0 radical (unpaired) electrons. The summed E-state index contributed by atoms with van der Waals surface area (Å²) in [6.45, 7) is 0. The van der Waals surface area contributed by atoms with Crippen LogP contribution in [-0.2, 0) is 29.6 Å². The van der Waals surface area contributed by atoms with Gasteiger partial charge in [0.2, 0.25) is 0 Å². The Bertz CT molecular complexity index is 368. The third-order valence-electron chi connectivity index (χ3n) is 1.13. The molecule has 0 spiro atoms. The van der Waals surface area contributed by atoms with Crippen LogP contribution >= 0.6 is 0 Å². The quantitative estimate of drug-likeness (QED) is 0.365. The SMILES string of the molecule is O.O.O.O.O.O.O.O.O=S(=O)([O-])c1ccccc1O.[Zn+2]. The summed E-state index contributed by atoms with van der Waals surface area (Å²) in [5.41, 5.74) is 0. The van der Waals surface area contributed by atoms with Gasteiger partial charge in [-0.2, -0.15) is 0 Å². The standard InChI is InChI=1S/C6H6O4S.8H2O.Zn/c7-5-3-1-2-4-6(5)11(8,9)10;;;;;;;;;/h1-4,7H,(H,8,9,10);8*1H2;/q;;;;;;;;;+2/p-1. The van der Waals surface area contributed by atoms with E-state index in [0.29, 0.717) is 0 Å². The largest absolute Gasteiger partial charge is 2.00 e. The molecule has 0 atom stereocenters. The maximum absolute atomic E-state index is 10.3.